The molecule has 0 aliphatic carbocycles. The summed E-state index contributed by atoms with van der Waals surface area (Å²) in [6.45, 7) is 5.57. The van der Waals surface area contributed by atoms with E-state index in [2.05, 4.69) is 5.32 Å². The molecule has 0 aliphatic rings. The Bertz CT molecular complexity index is 1230. The van der Waals surface area contributed by atoms with Crippen LogP contribution in [0.4, 0.5) is 5.69 Å². The van der Waals surface area contributed by atoms with Gasteiger partial charge in [-0.25, -0.2) is 8.42 Å². The maximum Gasteiger partial charge on any atom is 0.264 e. The smallest absolute Gasteiger partial charge is 0.264 e. The first-order chi connectivity index (χ1) is 16.7. The van der Waals surface area contributed by atoms with Crippen molar-refractivity contribution in [2.45, 2.75) is 38.3 Å². The Morgan fingerprint density at radius 1 is 0.886 bits per heavy atom. The van der Waals surface area contributed by atoms with Crippen LogP contribution in [0.2, 0.25) is 0 Å². The van der Waals surface area contributed by atoms with Crippen molar-refractivity contribution >= 4 is 27.5 Å². The zero-order valence-corrected chi connectivity index (χ0v) is 21.0. The molecule has 3 aromatic carbocycles. The maximum absolute atomic E-state index is 13.7. The van der Waals surface area contributed by atoms with Crippen LogP contribution in [-0.4, -0.2) is 44.3 Å². The number of hydrogen-bond donors (Lipinski definition) is 1. The summed E-state index contributed by atoms with van der Waals surface area (Å²) in [7, 11) is -4.03. The number of anilines is 1. The molecule has 1 N–H and O–H groups in total. The molecule has 3 aromatic rings. The van der Waals surface area contributed by atoms with Gasteiger partial charge in [0, 0.05) is 13.1 Å². The highest BCUT2D eigenvalue weighted by molar-refractivity contribution is 7.92. The van der Waals surface area contributed by atoms with Crippen molar-refractivity contribution in [1.82, 2.24) is 10.2 Å². The van der Waals surface area contributed by atoms with Gasteiger partial charge in [0.25, 0.3) is 10.0 Å². The molecule has 0 fully saturated rings. The van der Waals surface area contributed by atoms with Gasteiger partial charge in [-0.3, -0.25) is 13.9 Å². The molecule has 8 heteroatoms. The predicted octanol–water partition coefficient (Wildman–Crippen LogP) is 3.74. The van der Waals surface area contributed by atoms with Crippen LogP contribution in [0.1, 0.15) is 25.0 Å². The maximum atomic E-state index is 13.7. The molecule has 0 unspecified atom stereocenters. The lowest BCUT2D eigenvalue weighted by Gasteiger charge is -2.32. The number of nitrogens with one attached hydrogen (secondary N) is 1. The fraction of sp³-hybridized carbons (Fsp3) is 0.259. The van der Waals surface area contributed by atoms with Gasteiger partial charge < -0.3 is 10.2 Å². The topological polar surface area (TPSA) is 86.8 Å². The van der Waals surface area contributed by atoms with Gasteiger partial charge in [0.1, 0.15) is 12.6 Å². The Balaban J connectivity index is 1.98. The van der Waals surface area contributed by atoms with Gasteiger partial charge in [0.15, 0.2) is 0 Å². The highest BCUT2D eigenvalue weighted by Gasteiger charge is 2.32. The first kappa shape index (κ1) is 26.0. The molecule has 0 saturated heterocycles. The summed E-state index contributed by atoms with van der Waals surface area (Å²) < 4.78 is 28.2. The lowest BCUT2D eigenvalue weighted by molar-refractivity contribution is -0.139. The first-order valence-corrected chi connectivity index (χ1v) is 12.9. The quantitative estimate of drug-likeness (QED) is 0.466. The highest BCUT2D eigenvalue weighted by atomic mass is 32.2. The minimum absolute atomic E-state index is 0.0820. The van der Waals surface area contributed by atoms with Crippen molar-refractivity contribution in [1.29, 1.82) is 0 Å². The second-order valence-corrected chi connectivity index (χ2v) is 10.1. The molecule has 35 heavy (non-hydrogen) atoms. The number of para-hydroxylation sites is 1. The molecule has 0 aromatic heterocycles. The zero-order chi connectivity index (χ0) is 25.4. The van der Waals surface area contributed by atoms with Gasteiger partial charge in [-0.1, -0.05) is 66.2 Å². The Hall–Kier alpha value is -3.65. The van der Waals surface area contributed by atoms with Crippen molar-refractivity contribution in [3.63, 3.8) is 0 Å². The third kappa shape index (κ3) is 6.48. The summed E-state index contributed by atoms with van der Waals surface area (Å²) in [6.07, 6.45) is 0. The van der Waals surface area contributed by atoms with E-state index < -0.39 is 28.5 Å². The monoisotopic (exact) mass is 493 g/mol. The summed E-state index contributed by atoms with van der Waals surface area (Å²) >= 11 is 0. The van der Waals surface area contributed by atoms with Crippen LogP contribution in [0.15, 0.2) is 89.8 Å². The van der Waals surface area contributed by atoms with Crippen LogP contribution in [0.5, 0.6) is 0 Å². The van der Waals surface area contributed by atoms with Crippen LogP contribution < -0.4 is 9.62 Å². The third-order valence-electron chi connectivity index (χ3n) is 5.65. The Kier molecular flexibility index (Phi) is 8.65. The van der Waals surface area contributed by atoms with Crippen molar-refractivity contribution in [2.24, 2.45) is 0 Å². The van der Waals surface area contributed by atoms with E-state index in [4.69, 9.17) is 0 Å². The van der Waals surface area contributed by atoms with Gasteiger partial charge in [0.05, 0.1) is 10.6 Å². The number of benzene rings is 3. The standard InChI is InChI=1S/C27H31N3O4S/c1-4-28-27(32)22(3)29(19-23-17-15-21(2)16-18-23)26(31)20-30(24-11-7-5-8-12-24)35(33,34)25-13-9-6-10-14-25/h5-18,22H,4,19-20H2,1-3H3,(H,28,32)/t22-/m1/s1. The van der Waals surface area contributed by atoms with Crippen LogP contribution >= 0.6 is 0 Å². The largest absolute Gasteiger partial charge is 0.355 e. The minimum atomic E-state index is -4.03. The summed E-state index contributed by atoms with van der Waals surface area (Å²) in [5.74, 6) is -0.780. The van der Waals surface area contributed by atoms with Crippen molar-refractivity contribution in [2.75, 3.05) is 17.4 Å². The van der Waals surface area contributed by atoms with E-state index in [1.54, 1.807) is 62.4 Å². The summed E-state index contributed by atoms with van der Waals surface area (Å²) in [5, 5.41) is 2.75. The first-order valence-electron chi connectivity index (χ1n) is 11.5. The van der Waals surface area contributed by atoms with Gasteiger partial charge in [-0.15, -0.1) is 0 Å². The average Bonchev–Trinajstić information content (AvgIpc) is 2.87. The molecule has 0 radical (unpaired) electrons. The average molecular weight is 494 g/mol. The summed E-state index contributed by atoms with van der Waals surface area (Å²) in [4.78, 5) is 27.8. The van der Waals surface area contributed by atoms with E-state index in [-0.39, 0.29) is 17.3 Å². The molecule has 7 nitrogen and oxygen atoms in total. The number of amides is 2. The Morgan fingerprint density at radius 3 is 2.03 bits per heavy atom. The molecule has 1 atom stereocenters. The van der Waals surface area contributed by atoms with Crippen molar-refractivity contribution in [3.05, 3.63) is 96.1 Å². The fourth-order valence-electron chi connectivity index (χ4n) is 3.64. The van der Waals surface area contributed by atoms with Crippen LogP contribution in [0, 0.1) is 6.92 Å². The SMILES string of the molecule is CCNC(=O)[C@@H](C)N(Cc1ccc(C)cc1)C(=O)CN(c1ccccc1)S(=O)(=O)c1ccccc1. The van der Waals surface area contributed by atoms with Gasteiger partial charge >= 0.3 is 0 Å². The molecular formula is C27H31N3O4S. The molecule has 0 heterocycles. The fourth-order valence-corrected chi connectivity index (χ4v) is 5.07. The van der Waals surface area contributed by atoms with E-state index in [1.807, 2.05) is 31.2 Å². The summed E-state index contributed by atoms with van der Waals surface area (Å²) in [5.41, 5.74) is 2.29. The van der Waals surface area contributed by atoms with Gasteiger partial charge in [-0.05, 0) is 50.6 Å². The number of carbonyl (C=O) groups is 2. The number of rotatable bonds is 10. The molecule has 3 rings (SSSR count). The number of likely N-dealkylation sites (N-methyl/N-ethyl adjacent to an activating group) is 1. The normalized spacial score (nSPS) is 12.0. The van der Waals surface area contributed by atoms with Crippen molar-refractivity contribution in [3.8, 4) is 0 Å². The molecular weight excluding hydrogens is 462 g/mol. The Labute approximate surface area is 207 Å². The van der Waals surface area contributed by atoms with Crippen LogP contribution in [0.25, 0.3) is 0 Å². The highest BCUT2D eigenvalue weighted by Crippen LogP contribution is 2.24. The molecule has 0 aliphatic heterocycles. The van der Waals surface area contributed by atoms with Crippen molar-refractivity contribution < 1.29 is 18.0 Å². The van der Waals surface area contributed by atoms with E-state index >= 15 is 0 Å². The van der Waals surface area contributed by atoms with E-state index in [0.717, 1.165) is 15.4 Å². The number of sulfonamides is 1. The van der Waals surface area contributed by atoms with E-state index in [0.29, 0.717) is 12.2 Å². The number of aryl methyl sites for hydroxylation is 1. The molecule has 0 bridgehead atoms. The van der Waals surface area contributed by atoms with Crippen LogP contribution in [0.3, 0.4) is 0 Å². The van der Waals surface area contributed by atoms with Gasteiger partial charge in [0.2, 0.25) is 11.8 Å². The lowest BCUT2D eigenvalue weighted by Crippen LogP contribution is -2.51. The summed E-state index contributed by atoms with van der Waals surface area (Å²) in [6, 6.07) is 23.4. The van der Waals surface area contributed by atoms with Crippen LogP contribution in [-0.2, 0) is 26.2 Å². The van der Waals surface area contributed by atoms with E-state index in [9.17, 15) is 18.0 Å². The minimum Gasteiger partial charge on any atom is -0.355 e. The third-order valence-corrected chi connectivity index (χ3v) is 7.43. The van der Waals surface area contributed by atoms with E-state index in [1.165, 1.54) is 17.0 Å². The Morgan fingerprint density at radius 2 is 1.46 bits per heavy atom. The number of hydrogen-bond acceptors (Lipinski definition) is 4. The predicted molar refractivity (Wildman–Crippen MR) is 137 cm³/mol. The molecule has 0 saturated carbocycles. The van der Waals surface area contributed by atoms with Gasteiger partial charge in [-0.2, -0.15) is 0 Å². The number of nitrogens with zero attached hydrogens (tertiary/aromatic N) is 2. The molecule has 184 valence electrons. The number of carbonyl (C=O) groups excluding carboxylic acids is 2. The molecule has 2 amide bonds. The second-order valence-electron chi connectivity index (χ2n) is 8.24. The lowest BCUT2D eigenvalue weighted by atomic mass is 10.1. The zero-order valence-electron chi connectivity index (χ0n) is 20.2. The molecule has 0 spiro atoms. The second kappa shape index (κ2) is 11.7.